The first-order valence-corrected chi connectivity index (χ1v) is 3.54. The standard InChI is InChI=1S/C7H14O2/c1-3-6(2)7-4-8-5-9-7/h6-7H,3-5H2,1-2H3. The van der Waals surface area contributed by atoms with Gasteiger partial charge in [0.15, 0.2) is 0 Å². The van der Waals surface area contributed by atoms with E-state index >= 15 is 0 Å². The van der Waals surface area contributed by atoms with Crippen molar-refractivity contribution < 1.29 is 9.47 Å². The van der Waals surface area contributed by atoms with Gasteiger partial charge in [-0.05, 0) is 5.92 Å². The lowest BCUT2D eigenvalue weighted by atomic mass is 10.0. The zero-order valence-corrected chi connectivity index (χ0v) is 6.09. The van der Waals surface area contributed by atoms with Crippen molar-refractivity contribution in [1.29, 1.82) is 0 Å². The lowest BCUT2D eigenvalue weighted by Gasteiger charge is -2.13. The maximum absolute atomic E-state index is 5.28. The molecule has 1 saturated heterocycles. The summed E-state index contributed by atoms with van der Waals surface area (Å²) >= 11 is 0. The molecule has 2 nitrogen and oxygen atoms in total. The third-order valence-electron chi connectivity index (χ3n) is 1.93. The molecule has 9 heavy (non-hydrogen) atoms. The summed E-state index contributed by atoms with van der Waals surface area (Å²) in [7, 11) is 0. The molecule has 1 aliphatic heterocycles. The van der Waals surface area contributed by atoms with E-state index in [4.69, 9.17) is 9.47 Å². The fourth-order valence-electron chi connectivity index (χ4n) is 0.939. The fraction of sp³-hybridized carbons (Fsp3) is 1.00. The molecule has 0 radical (unpaired) electrons. The average Bonchev–Trinajstić information content (AvgIpc) is 2.37. The Balaban J connectivity index is 2.24. The Morgan fingerprint density at radius 1 is 1.67 bits per heavy atom. The summed E-state index contributed by atoms with van der Waals surface area (Å²) in [4.78, 5) is 0. The van der Waals surface area contributed by atoms with Crippen LogP contribution in [-0.2, 0) is 9.47 Å². The van der Waals surface area contributed by atoms with E-state index in [9.17, 15) is 0 Å². The maximum Gasteiger partial charge on any atom is 0.147 e. The highest BCUT2D eigenvalue weighted by atomic mass is 16.7. The monoisotopic (exact) mass is 130 g/mol. The summed E-state index contributed by atoms with van der Waals surface area (Å²) in [6, 6.07) is 0. The molecule has 0 saturated carbocycles. The van der Waals surface area contributed by atoms with Crippen LogP contribution in [-0.4, -0.2) is 19.5 Å². The lowest BCUT2D eigenvalue weighted by molar-refractivity contribution is 0.0304. The van der Waals surface area contributed by atoms with Crippen molar-refractivity contribution >= 4 is 0 Å². The van der Waals surface area contributed by atoms with Crippen LogP contribution < -0.4 is 0 Å². The Morgan fingerprint density at radius 3 is 2.89 bits per heavy atom. The minimum Gasteiger partial charge on any atom is -0.353 e. The van der Waals surface area contributed by atoms with Crippen LogP contribution in [0.5, 0.6) is 0 Å². The average molecular weight is 130 g/mol. The summed E-state index contributed by atoms with van der Waals surface area (Å²) in [5, 5.41) is 0. The van der Waals surface area contributed by atoms with E-state index in [-0.39, 0.29) is 0 Å². The molecule has 0 spiro atoms. The second-order valence-electron chi connectivity index (χ2n) is 2.58. The molecule has 0 aromatic rings. The molecule has 0 bridgehead atoms. The Kier molecular flexibility index (Phi) is 2.49. The lowest BCUT2D eigenvalue weighted by Crippen LogP contribution is -2.18. The molecule has 0 N–H and O–H groups in total. The van der Waals surface area contributed by atoms with Gasteiger partial charge in [-0.15, -0.1) is 0 Å². The van der Waals surface area contributed by atoms with E-state index in [2.05, 4.69) is 13.8 Å². The summed E-state index contributed by atoms with van der Waals surface area (Å²) in [6.45, 7) is 5.65. The molecule has 0 amide bonds. The highest BCUT2D eigenvalue weighted by Crippen LogP contribution is 2.15. The van der Waals surface area contributed by atoms with Crippen LogP contribution in [0.1, 0.15) is 20.3 Å². The molecule has 0 aliphatic carbocycles. The zero-order chi connectivity index (χ0) is 6.69. The van der Waals surface area contributed by atoms with Crippen molar-refractivity contribution in [3.8, 4) is 0 Å². The SMILES string of the molecule is CCC(C)C1COCO1. The van der Waals surface area contributed by atoms with E-state index in [1.165, 1.54) is 6.42 Å². The van der Waals surface area contributed by atoms with Gasteiger partial charge in [-0.3, -0.25) is 0 Å². The molecule has 0 aromatic heterocycles. The van der Waals surface area contributed by atoms with E-state index in [1.54, 1.807) is 0 Å². The normalized spacial score (nSPS) is 30.7. The van der Waals surface area contributed by atoms with Crippen LogP contribution in [0.15, 0.2) is 0 Å². The van der Waals surface area contributed by atoms with Gasteiger partial charge in [0.2, 0.25) is 0 Å². The first-order chi connectivity index (χ1) is 4.34. The molecule has 2 unspecified atom stereocenters. The van der Waals surface area contributed by atoms with Crippen molar-refractivity contribution in [1.82, 2.24) is 0 Å². The quantitative estimate of drug-likeness (QED) is 0.562. The summed E-state index contributed by atoms with van der Waals surface area (Å²) < 4.78 is 10.3. The predicted molar refractivity (Wildman–Crippen MR) is 35.1 cm³/mol. The molecule has 2 atom stereocenters. The Morgan fingerprint density at radius 2 is 2.44 bits per heavy atom. The second kappa shape index (κ2) is 3.18. The highest BCUT2D eigenvalue weighted by Gasteiger charge is 2.20. The summed E-state index contributed by atoms with van der Waals surface area (Å²) in [5.41, 5.74) is 0. The molecule has 1 aliphatic rings. The molecule has 1 fully saturated rings. The van der Waals surface area contributed by atoms with Crippen LogP contribution in [0.25, 0.3) is 0 Å². The van der Waals surface area contributed by atoms with Gasteiger partial charge >= 0.3 is 0 Å². The third kappa shape index (κ3) is 1.66. The van der Waals surface area contributed by atoms with Crippen LogP contribution in [0.3, 0.4) is 0 Å². The van der Waals surface area contributed by atoms with Gasteiger partial charge in [-0.1, -0.05) is 20.3 Å². The Bertz CT molecular complexity index is 77.0. The first kappa shape index (κ1) is 7.03. The van der Waals surface area contributed by atoms with Gasteiger partial charge in [0.05, 0.1) is 12.7 Å². The molecule has 2 heteroatoms. The van der Waals surface area contributed by atoms with Crippen LogP contribution in [0, 0.1) is 5.92 Å². The number of rotatable bonds is 2. The van der Waals surface area contributed by atoms with Crippen molar-refractivity contribution in [3.63, 3.8) is 0 Å². The molecule has 1 rings (SSSR count). The van der Waals surface area contributed by atoms with Crippen molar-refractivity contribution in [2.75, 3.05) is 13.4 Å². The van der Waals surface area contributed by atoms with Crippen LogP contribution in [0.2, 0.25) is 0 Å². The van der Waals surface area contributed by atoms with E-state index in [0.29, 0.717) is 18.8 Å². The van der Waals surface area contributed by atoms with E-state index in [1.807, 2.05) is 0 Å². The number of ether oxygens (including phenoxy) is 2. The number of hydrogen-bond donors (Lipinski definition) is 0. The van der Waals surface area contributed by atoms with Crippen molar-refractivity contribution in [3.05, 3.63) is 0 Å². The largest absolute Gasteiger partial charge is 0.353 e. The number of hydrogen-bond acceptors (Lipinski definition) is 2. The molecule has 1 heterocycles. The molecular weight excluding hydrogens is 116 g/mol. The van der Waals surface area contributed by atoms with Crippen LogP contribution >= 0.6 is 0 Å². The molecular formula is C7H14O2. The molecule has 0 aromatic carbocycles. The first-order valence-electron chi connectivity index (χ1n) is 3.54. The van der Waals surface area contributed by atoms with Crippen LogP contribution in [0.4, 0.5) is 0 Å². The highest BCUT2D eigenvalue weighted by molar-refractivity contribution is 4.66. The third-order valence-corrected chi connectivity index (χ3v) is 1.93. The van der Waals surface area contributed by atoms with Gasteiger partial charge in [0.25, 0.3) is 0 Å². The summed E-state index contributed by atoms with van der Waals surface area (Å²) in [5.74, 6) is 0.646. The van der Waals surface area contributed by atoms with Gasteiger partial charge in [0, 0.05) is 0 Å². The van der Waals surface area contributed by atoms with E-state index < -0.39 is 0 Å². The van der Waals surface area contributed by atoms with Crippen molar-refractivity contribution in [2.45, 2.75) is 26.4 Å². The van der Waals surface area contributed by atoms with Gasteiger partial charge in [0.1, 0.15) is 6.79 Å². The Labute approximate surface area is 56.2 Å². The van der Waals surface area contributed by atoms with Gasteiger partial charge < -0.3 is 9.47 Å². The summed E-state index contributed by atoms with van der Waals surface area (Å²) in [6.07, 6.45) is 1.53. The predicted octanol–water partition coefficient (Wildman–Crippen LogP) is 1.41. The Hall–Kier alpha value is -0.0800. The van der Waals surface area contributed by atoms with Gasteiger partial charge in [-0.2, -0.15) is 0 Å². The smallest absolute Gasteiger partial charge is 0.147 e. The van der Waals surface area contributed by atoms with Gasteiger partial charge in [-0.25, -0.2) is 0 Å². The maximum atomic E-state index is 5.28. The topological polar surface area (TPSA) is 18.5 Å². The van der Waals surface area contributed by atoms with E-state index in [0.717, 1.165) is 6.61 Å². The molecule has 54 valence electrons. The zero-order valence-electron chi connectivity index (χ0n) is 6.09. The fourth-order valence-corrected chi connectivity index (χ4v) is 0.939. The minimum absolute atomic E-state index is 0.356. The minimum atomic E-state index is 0.356. The van der Waals surface area contributed by atoms with Crippen molar-refractivity contribution in [2.24, 2.45) is 5.92 Å². The second-order valence-corrected chi connectivity index (χ2v) is 2.58.